The van der Waals surface area contributed by atoms with Crippen molar-refractivity contribution in [2.75, 3.05) is 20.1 Å². The number of rotatable bonds is 7. The van der Waals surface area contributed by atoms with Gasteiger partial charge >= 0.3 is 0 Å². The normalized spacial score (nSPS) is 12.6. The van der Waals surface area contributed by atoms with Crippen LogP contribution in [0.5, 0.6) is 0 Å². The van der Waals surface area contributed by atoms with E-state index in [0.717, 1.165) is 25.8 Å². The maximum atomic E-state index is 11.6. The Labute approximate surface area is 87.6 Å². The number of amides is 1. The van der Waals surface area contributed by atoms with E-state index in [1.165, 1.54) is 0 Å². The van der Waals surface area contributed by atoms with Crippen LogP contribution in [-0.2, 0) is 4.79 Å². The lowest BCUT2D eigenvalue weighted by Crippen LogP contribution is -2.28. The molecule has 2 N–H and O–H groups in total. The third kappa shape index (κ3) is 5.97. The zero-order chi connectivity index (χ0) is 11.0. The van der Waals surface area contributed by atoms with Gasteiger partial charge in [0, 0.05) is 20.0 Å². The smallest absolute Gasteiger partial charge is 0.222 e. The van der Waals surface area contributed by atoms with E-state index >= 15 is 0 Å². The Morgan fingerprint density at radius 1 is 1.50 bits per heavy atom. The first-order chi connectivity index (χ1) is 6.61. The molecule has 0 aromatic carbocycles. The van der Waals surface area contributed by atoms with Crippen molar-refractivity contribution >= 4 is 5.91 Å². The number of carbonyl (C=O) groups is 1. The molecule has 0 bridgehead atoms. The Morgan fingerprint density at radius 3 is 2.64 bits per heavy atom. The van der Waals surface area contributed by atoms with E-state index in [2.05, 4.69) is 13.8 Å². The van der Waals surface area contributed by atoms with Crippen LogP contribution in [0.3, 0.4) is 0 Å². The Kier molecular flexibility index (Phi) is 7.48. The molecule has 0 heterocycles. The Bertz CT molecular complexity index is 159. The molecule has 1 amide bonds. The predicted molar refractivity (Wildman–Crippen MR) is 60.0 cm³/mol. The molecule has 0 aliphatic rings. The molecule has 3 nitrogen and oxygen atoms in total. The van der Waals surface area contributed by atoms with Crippen LogP contribution in [0.25, 0.3) is 0 Å². The molecule has 0 saturated carbocycles. The third-order valence-electron chi connectivity index (χ3n) is 2.53. The van der Waals surface area contributed by atoms with E-state index in [-0.39, 0.29) is 5.91 Å². The second kappa shape index (κ2) is 7.80. The fourth-order valence-electron chi connectivity index (χ4n) is 1.20. The lowest BCUT2D eigenvalue weighted by Gasteiger charge is -2.17. The molecule has 0 radical (unpaired) electrons. The summed E-state index contributed by atoms with van der Waals surface area (Å²) in [6.45, 7) is 5.77. The summed E-state index contributed by atoms with van der Waals surface area (Å²) in [5.74, 6) is 0.706. The van der Waals surface area contributed by atoms with E-state index < -0.39 is 0 Å². The van der Waals surface area contributed by atoms with Crippen LogP contribution in [-0.4, -0.2) is 30.9 Å². The fourth-order valence-corrected chi connectivity index (χ4v) is 1.20. The molecule has 0 aromatic heterocycles. The summed E-state index contributed by atoms with van der Waals surface area (Å²) in [6.07, 6.45) is 3.77. The minimum atomic E-state index is 0.249. The molecule has 0 aliphatic heterocycles. The first kappa shape index (κ1) is 13.4. The average molecular weight is 200 g/mol. The van der Waals surface area contributed by atoms with Gasteiger partial charge in [0.1, 0.15) is 0 Å². The molecule has 14 heavy (non-hydrogen) atoms. The molecule has 0 rings (SSSR count). The van der Waals surface area contributed by atoms with Crippen LogP contribution in [0.15, 0.2) is 0 Å². The maximum Gasteiger partial charge on any atom is 0.222 e. The number of carbonyl (C=O) groups excluding carboxylic acids is 1. The van der Waals surface area contributed by atoms with E-state index in [4.69, 9.17) is 5.73 Å². The van der Waals surface area contributed by atoms with Gasteiger partial charge in [-0.2, -0.15) is 0 Å². The topological polar surface area (TPSA) is 46.3 Å². The van der Waals surface area contributed by atoms with Crippen molar-refractivity contribution in [1.82, 2.24) is 4.90 Å². The van der Waals surface area contributed by atoms with Crippen molar-refractivity contribution in [3.63, 3.8) is 0 Å². The zero-order valence-corrected chi connectivity index (χ0v) is 9.75. The Morgan fingerprint density at radius 2 is 2.14 bits per heavy atom. The van der Waals surface area contributed by atoms with Gasteiger partial charge in [-0.05, 0) is 25.3 Å². The van der Waals surface area contributed by atoms with Gasteiger partial charge in [0.2, 0.25) is 5.91 Å². The highest BCUT2D eigenvalue weighted by molar-refractivity contribution is 5.75. The summed E-state index contributed by atoms with van der Waals surface area (Å²) in [5, 5.41) is 0. The summed E-state index contributed by atoms with van der Waals surface area (Å²) in [5.41, 5.74) is 5.49. The minimum Gasteiger partial charge on any atom is -0.346 e. The summed E-state index contributed by atoms with van der Waals surface area (Å²) in [7, 11) is 1.88. The van der Waals surface area contributed by atoms with Gasteiger partial charge in [0.25, 0.3) is 0 Å². The van der Waals surface area contributed by atoms with Crippen molar-refractivity contribution in [2.24, 2.45) is 11.7 Å². The molecule has 3 heteroatoms. The largest absolute Gasteiger partial charge is 0.346 e. The number of hydrogen-bond donors (Lipinski definition) is 1. The summed E-state index contributed by atoms with van der Waals surface area (Å²) >= 11 is 0. The molecule has 1 atom stereocenters. The van der Waals surface area contributed by atoms with Gasteiger partial charge < -0.3 is 10.6 Å². The van der Waals surface area contributed by atoms with Crippen LogP contribution in [0.4, 0.5) is 0 Å². The quantitative estimate of drug-likeness (QED) is 0.679. The SMILES string of the molecule is CCCCN(C)C(=O)CCC(C)CN. The highest BCUT2D eigenvalue weighted by Gasteiger charge is 2.09. The summed E-state index contributed by atoms with van der Waals surface area (Å²) in [4.78, 5) is 13.4. The maximum absolute atomic E-state index is 11.6. The number of hydrogen-bond acceptors (Lipinski definition) is 2. The molecule has 0 aliphatic carbocycles. The molecule has 0 aromatic rings. The van der Waals surface area contributed by atoms with Gasteiger partial charge in [-0.15, -0.1) is 0 Å². The van der Waals surface area contributed by atoms with Crippen LogP contribution in [0.2, 0.25) is 0 Å². The van der Waals surface area contributed by atoms with Gasteiger partial charge in [-0.3, -0.25) is 4.79 Å². The highest BCUT2D eigenvalue weighted by Crippen LogP contribution is 2.05. The van der Waals surface area contributed by atoms with Crippen molar-refractivity contribution < 1.29 is 4.79 Å². The standard InChI is InChI=1S/C11H24N2O/c1-4-5-8-13(3)11(14)7-6-10(2)9-12/h10H,4-9,12H2,1-3H3. The van der Waals surface area contributed by atoms with Crippen LogP contribution in [0.1, 0.15) is 39.5 Å². The third-order valence-corrected chi connectivity index (χ3v) is 2.53. The number of nitrogens with zero attached hydrogens (tertiary/aromatic N) is 1. The van der Waals surface area contributed by atoms with Crippen molar-refractivity contribution in [2.45, 2.75) is 39.5 Å². The summed E-state index contributed by atoms with van der Waals surface area (Å²) in [6, 6.07) is 0. The number of unbranched alkanes of at least 4 members (excludes halogenated alkanes) is 1. The van der Waals surface area contributed by atoms with Crippen molar-refractivity contribution in [3.05, 3.63) is 0 Å². The molecule has 1 unspecified atom stereocenters. The molecular weight excluding hydrogens is 176 g/mol. The van der Waals surface area contributed by atoms with E-state index in [0.29, 0.717) is 18.9 Å². The monoisotopic (exact) mass is 200 g/mol. The second-order valence-corrected chi connectivity index (χ2v) is 4.05. The van der Waals surface area contributed by atoms with Gasteiger partial charge in [-0.1, -0.05) is 20.3 Å². The lowest BCUT2D eigenvalue weighted by molar-refractivity contribution is -0.130. The van der Waals surface area contributed by atoms with Crippen LogP contribution in [0, 0.1) is 5.92 Å². The summed E-state index contributed by atoms with van der Waals surface area (Å²) < 4.78 is 0. The zero-order valence-electron chi connectivity index (χ0n) is 9.75. The van der Waals surface area contributed by atoms with Gasteiger partial charge in [0.05, 0.1) is 0 Å². The first-order valence-corrected chi connectivity index (χ1v) is 5.55. The van der Waals surface area contributed by atoms with Crippen LogP contribution >= 0.6 is 0 Å². The Hall–Kier alpha value is -0.570. The highest BCUT2D eigenvalue weighted by atomic mass is 16.2. The molecule has 0 spiro atoms. The lowest BCUT2D eigenvalue weighted by atomic mass is 10.1. The molecule has 84 valence electrons. The molecule has 0 saturated heterocycles. The van der Waals surface area contributed by atoms with Gasteiger partial charge in [-0.25, -0.2) is 0 Å². The Balaban J connectivity index is 3.61. The molecule has 0 fully saturated rings. The van der Waals surface area contributed by atoms with E-state index in [1.807, 2.05) is 11.9 Å². The average Bonchev–Trinajstić information content (AvgIpc) is 2.21. The van der Waals surface area contributed by atoms with Crippen LogP contribution < -0.4 is 5.73 Å². The number of nitrogens with two attached hydrogens (primary N) is 1. The predicted octanol–water partition coefficient (Wildman–Crippen LogP) is 1.62. The van der Waals surface area contributed by atoms with E-state index in [1.54, 1.807) is 0 Å². The van der Waals surface area contributed by atoms with Gasteiger partial charge in [0.15, 0.2) is 0 Å². The van der Waals surface area contributed by atoms with Crippen molar-refractivity contribution in [3.8, 4) is 0 Å². The first-order valence-electron chi connectivity index (χ1n) is 5.55. The second-order valence-electron chi connectivity index (χ2n) is 4.05. The fraction of sp³-hybridized carbons (Fsp3) is 0.909. The molecular formula is C11H24N2O. The van der Waals surface area contributed by atoms with Crippen molar-refractivity contribution in [1.29, 1.82) is 0 Å². The minimum absolute atomic E-state index is 0.249. The van der Waals surface area contributed by atoms with E-state index in [9.17, 15) is 4.79 Å².